The topological polar surface area (TPSA) is 65.5 Å². The minimum absolute atomic E-state index is 0.137. The van der Waals surface area contributed by atoms with E-state index >= 15 is 0 Å². The minimum Gasteiger partial charge on any atom is -0.335 e. The van der Waals surface area contributed by atoms with Gasteiger partial charge in [-0.25, -0.2) is 0 Å². The highest BCUT2D eigenvalue weighted by Gasteiger charge is 2.22. The summed E-state index contributed by atoms with van der Waals surface area (Å²) in [4.78, 5) is 33.3. The average molecular weight is 373 g/mol. The molecule has 2 aromatic rings. The van der Waals surface area contributed by atoms with Gasteiger partial charge in [-0.15, -0.1) is 0 Å². The number of hydrogen-bond acceptors (Lipinski definition) is 4. The van der Waals surface area contributed by atoms with Crippen LogP contribution in [0.2, 0.25) is 5.02 Å². The number of rotatable bonds is 4. The first kappa shape index (κ1) is 18.4. The van der Waals surface area contributed by atoms with Crippen molar-refractivity contribution in [2.24, 2.45) is 0 Å². The first-order chi connectivity index (χ1) is 12.6. The van der Waals surface area contributed by atoms with Crippen LogP contribution in [0.15, 0.2) is 42.6 Å². The molecular formula is C19H21ClN4O2. The molecule has 136 valence electrons. The molecule has 6 nitrogen and oxygen atoms in total. The van der Waals surface area contributed by atoms with Crippen LogP contribution in [-0.4, -0.2) is 59.3 Å². The summed E-state index contributed by atoms with van der Waals surface area (Å²) < 4.78 is 0. The zero-order valence-electron chi connectivity index (χ0n) is 14.6. The Morgan fingerprint density at radius 2 is 1.81 bits per heavy atom. The van der Waals surface area contributed by atoms with Crippen LogP contribution in [0, 0.1) is 0 Å². The van der Waals surface area contributed by atoms with E-state index in [2.05, 4.69) is 22.1 Å². The van der Waals surface area contributed by atoms with Crippen LogP contribution in [-0.2, 0) is 0 Å². The predicted octanol–water partition coefficient (Wildman–Crippen LogP) is 2.77. The first-order valence-corrected chi connectivity index (χ1v) is 8.99. The van der Waals surface area contributed by atoms with E-state index < -0.39 is 0 Å². The smallest absolute Gasteiger partial charge is 0.272 e. The number of anilines is 1. The maximum Gasteiger partial charge on any atom is 0.272 e. The molecule has 1 saturated heterocycles. The number of halogens is 1. The van der Waals surface area contributed by atoms with Gasteiger partial charge in [-0.05, 0) is 42.9 Å². The molecule has 2 amide bonds. The first-order valence-electron chi connectivity index (χ1n) is 8.61. The van der Waals surface area contributed by atoms with E-state index in [-0.39, 0.29) is 11.8 Å². The lowest BCUT2D eigenvalue weighted by Gasteiger charge is -2.33. The van der Waals surface area contributed by atoms with Gasteiger partial charge in [-0.1, -0.05) is 18.5 Å². The summed E-state index contributed by atoms with van der Waals surface area (Å²) in [7, 11) is 0. The summed E-state index contributed by atoms with van der Waals surface area (Å²) >= 11 is 5.85. The van der Waals surface area contributed by atoms with Gasteiger partial charge in [0.25, 0.3) is 11.8 Å². The summed E-state index contributed by atoms with van der Waals surface area (Å²) in [6, 6.07) is 9.99. The molecule has 0 spiro atoms. The van der Waals surface area contributed by atoms with Gasteiger partial charge >= 0.3 is 0 Å². The van der Waals surface area contributed by atoms with Gasteiger partial charge < -0.3 is 15.1 Å². The number of likely N-dealkylation sites (N-methyl/N-ethyl adjacent to an activating group) is 1. The van der Waals surface area contributed by atoms with Crippen LogP contribution in [0.1, 0.15) is 27.8 Å². The minimum atomic E-state index is -0.292. The molecule has 1 aliphatic heterocycles. The lowest BCUT2D eigenvalue weighted by atomic mass is 10.2. The number of nitrogens with zero attached hydrogens (tertiary/aromatic N) is 3. The molecule has 2 heterocycles. The molecule has 0 saturated carbocycles. The summed E-state index contributed by atoms with van der Waals surface area (Å²) in [5, 5.41) is 3.39. The Morgan fingerprint density at radius 1 is 1.12 bits per heavy atom. The molecule has 7 heteroatoms. The average Bonchev–Trinajstić information content (AvgIpc) is 2.69. The van der Waals surface area contributed by atoms with Crippen molar-refractivity contribution in [1.82, 2.24) is 14.8 Å². The molecule has 1 N–H and O–H groups in total. The fourth-order valence-electron chi connectivity index (χ4n) is 2.85. The normalized spacial score (nSPS) is 14.9. The van der Waals surface area contributed by atoms with Crippen LogP contribution < -0.4 is 5.32 Å². The fraction of sp³-hybridized carbons (Fsp3) is 0.316. The third-order valence-electron chi connectivity index (χ3n) is 4.45. The van der Waals surface area contributed by atoms with Crippen molar-refractivity contribution in [3.05, 3.63) is 58.9 Å². The molecule has 1 aliphatic rings. The monoisotopic (exact) mass is 372 g/mol. The van der Waals surface area contributed by atoms with Crippen LogP contribution in [0.5, 0.6) is 0 Å². The van der Waals surface area contributed by atoms with E-state index in [0.29, 0.717) is 35.1 Å². The molecule has 26 heavy (non-hydrogen) atoms. The molecular weight excluding hydrogens is 352 g/mol. The van der Waals surface area contributed by atoms with Gasteiger partial charge in [-0.2, -0.15) is 0 Å². The molecule has 1 fully saturated rings. The Bertz CT molecular complexity index is 786. The van der Waals surface area contributed by atoms with Crippen molar-refractivity contribution < 1.29 is 9.59 Å². The van der Waals surface area contributed by atoms with E-state index in [4.69, 9.17) is 11.6 Å². The Labute approximate surface area is 157 Å². The maximum absolute atomic E-state index is 12.7. The molecule has 0 aliphatic carbocycles. The van der Waals surface area contributed by atoms with Crippen molar-refractivity contribution in [2.45, 2.75) is 6.92 Å². The Balaban J connectivity index is 1.68. The van der Waals surface area contributed by atoms with Gasteiger partial charge in [0, 0.05) is 48.6 Å². The van der Waals surface area contributed by atoms with Crippen molar-refractivity contribution in [2.75, 3.05) is 38.0 Å². The second-order valence-corrected chi connectivity index (χ2v) is 6.55. The van der Waals surface area contributed by atoms with Crippen LogP contribution in [0.4, 0.5) is 5.69 Å². The van der Waals surface area contributed by atoms with E-state index in [1.807, 2.05) is 0 Å². The number of carbonyl (C=O) groups excluding carboxylic acids is 2. The van der Waals surface area contributed by atoms with Gasteiger partial charge in [0.15, 0.2) is 0 Å². The number of amides is 2. The molecule has 0 radical (unpaired) electrons. The quantitative estimate of drug-likeness (QED) is 0.896. The van der Waals surface area contributed by atoms with Crippen molar-refractivity contribution in [3.63, 3.8) is 0 Å². The Hall–Kier alpha value is -2.44. The van der Waals surface area contributed by atoms with Gasteiger partial charge in [0.05, 0.1) is 0 Å². The highest BCUT2D eigenvalue weighted by molar-refractivity contribution is 6.30. The lowest BCUT2D eigenvalue weighted by molar-refractivity contribution is 0.0637. The second kappa shape index (κ2) is 8.29. The molecule has 1 aromatic heterocycles. The summed E-state index contributed by atoms with van der Waals surface area (Å²) in [6.45, 7) is 6.17. The third kappa shape index (κ3) is 4.39. The largest absolute Gasteiger partial charge is 0.335 e. The van der Waals surface area contributed by atoms with Crippen LogP contribution in [0.25, 0.3) is 0 Å². The number of pyridine rings is 1. The van der Waals surface area contributed by atoms with Crippen molar-refractivity contribution in [3.8, 4) is 0 Å². The highest BCUT2D eigenvalue weighted by Crippen LogP contribution is 2.15. The molecule has 0 bridgehead atoms. The van der Waals surface area contributed by atoms with Gasteiger partial charge in [0.2, 0.25) is 0 Å². The number of aromatic nitrogens is 1. The number of hydrogen-bond donors (Lipinski definition) is 1. The Morgan fingerprint density at radius 3 is 2.46 bits per heavy atom. The maximum atomic E-state index is 12.7. The van der Waals surface area contributed by atoms with E-state index in [1.165, 1.54) is 6.20 Å². The van der Waals surface area contributed by atoms with E-state index in [1.54, 1.807) is 41.3 Å². The van der Waals surface area contributed by atoms with Gasteiger partial charge in [0.1, 0.15) is 5.69 Å². The molecule has 0 atom stereocenters. The lowest BCUT2D eigenvalue weighted by Crippen LogP contribution is -2.48. The number of benzene rings is 1. The molecule has 1 aromatic carbocycles. The van der Waals surface area contributed by atoms with E-state index in [9.17, 15) is 9.59 Å². The summed E-state index contributed by atoms with van der Waals surface area (Å²) in [5.41, 5.74) is 1.32. The van der Waals surface area contributed by atoms with E-state index in [0.717, 1.165) is 19.6 Å². The zero-order chi connectivity index (χ0) is 18.5. The zero-order valence-corrected chi connectivity index (χ0v) is 15.4. The molecule has 3 rings (SSSR count). The summed E-state index contributed by atoms with van der Waals surface area (Å²) in [6.07, 6.45) is 1.49. The number of piperazine rings is 1. The highest BCUT2D eigenvalue weighted by atomic mass is 35.5. The predicted molar refractivity (Wildman–Crippen MR) is 102 cm³/mol. The molecule has 0 unspecified atom stereocenters. The SMILES string of the molecule is CCN1CCN(C(=O)c2cc(C(=O)Nc3ccc(Cl)cc3)ccn2)CC1. The van der Waals surface area contributed by atoms with Crippen LogP contribution >= 0.6 is 11.6 Å². The summed E-state index contributed by atoms with van der Waals surface area (Å²) in [5.74, 6) is -0.429. The fourth-order valence-corrected chi connectivity index (χ4v) is 2.98. The van der Waals surface area contributed by atoms with Crippen LogP contribution in [0.3, 0.4) is 0 Å². The van der Waals surface area contributed by atoms with Gasteiger partial charge in [-0.3, -0.25) is 14.6 Å². The Kier molecular flexibility index (Phi) is 5.85. The number of carbonyl (C=O) groups is 2. The van der Waals surface area contributed by atoms with Crippen molar-refractivity contribution in [1.29, 1.82) is 0 Å². The second-order valence-electron chi connectivity index (χ2n) is 6.12. The standard InChI is InChI=1S/C19H21ClN4O2/c1-2-23-9-11-24(12-10-23)19(26)17-13-14(7-8-21-17)18(25)22-16-5-3-15(20)4-6-16/h3-8,13H,2,9-12H2,1H3,(H,22,25). The number of nitrogens with one attached hydrogen (secondary N) is 1. The third-order valence-corrected chi connectivity index (χ3v) is 4.70. The van der Waals surface area contributed by atoms with Crippen molar-refractivity contribution >= 4 is 29.1 Å².